The van der Waals surface area contributed by atoms with Crippen molar-refractivity contribution in [3.63, 3.8) is 0 Å². The Hall–Kier alpha value is -3.30. The summed E-state index contributed by atoms with van der Waals surface area (Å²) in [4.78, 5) is 13.5. The van der Waals surface area contributed by atoms with Gasteiger partial charge in [-0.1, -0.05) is 78.4 Å². The zero-order valence-corrected chi connectivity index (χ0v) is 16.0. The molecule has 0 aliphatic rings. The number of benzene rings is 4. The van der Waals surface area contributed by atoms with Crippen LogP contribution in [0.2, 0.25) is 5.28 Å². The molecule has 0 fully saturated rings. The van der Waals surface area contributed by atoms with Gasteiger partial charge in [0, 0.05) is 11.1 Å². The lowest BCUT2D eigenvalue weighted by Crippen LogP contribution is -1.98. The average molecular weight is 382 g/mol. The molecule has 0 amide bonds. The Morgan fingerprint density at radius 3 is 2.07 bits per heavy atom. The molecule has 0 spiro atoms. The second-order valence-corrected chi connectivity index (χ2v) is 7.15. The van der Waals surface area contributed by atoms with Gasteiger partial charge >= 0.3 is 0 Å². The van der Waals surface area contributed by atoms with Crippen molar-refractivity contribution < 1.29 is 0 Å². The zero-order chi connectivity index (χ0) is 19.1. The lowest BCUT2D eigenvalue weighted by Gasteiger charge is -2.11. The molecule has 0 saturated heterocycles. The van der Waals surface area contributed by atoms with E-state index in [1.807, 2.05) is 36.4 Å². The first-order valence-corrected chi connectivity index (χ1v) is 9.46. The molecule has 1 aromatic heterocycles. The molecule has 5 rings (SSSR count). The van der Waals surface area contributed by atoms with Crippen molar-refractivity contribution in [3.05, 3.63) is 89.7 Å². The maximum absolute atomic E-state index is 6.29. The Labute approximate surface area is 167 Å². The molecule has 3 nitrogen and oxygen atoms in total. The van der Waals surface area contributed by atoms with E-state index in [1.54, 1.807) is 0 Å². The normalized spacial score (nSPS) is 11.2. The van der Waals surface area contributed by atoms with E-state index in [1.165, 1.54) is 16.3 Å². The van der Waals surface area contributed by atoms with Crippen LogP contribution in [0.15, 0.2) is 78.9 Å². The minimum atomic E-state index is 0.192. The van der Waals surface area contributed by atoms with Crippen LogP contribution < -0.4 is 0 Å². The van der Waals surface area contributed by atoms with Gasteiger partial charge < -0.3 is 0 Å². The third-order valence-corrected chi connectivity index (χ3v) is 5.10. The van der Waals surface area contributed by atoms with Crippen molar-refractivity contribution >= 4 is 33.1 Å². The Morgan fingerprint density at radius 2 is 1.29 bits per heavy atom. The first-order valence-electron chi connectivity index (χ1n) is 9.08. The van der Waals surface area contributed by atoms with Gasteiger partial charge in [-0.05, 0) is 46.1 Å². The standard InChI is InChI=1S/C24H16ClN3/c1-15-10-12-16(13-11-15)22-26-23(28-24(25)27-22)21-14-17-6-2-3-7-18(17)19-8-4-5-9-20(19)21/h2-14H,1H3. The van der Waals surface area contributed by atoms with Gasteiger partial charge in [0.05, 0.1) is 0 Å². The first kappa shape index (κ1) is 16.8. The van der Waals surface area contributed by atoms with Gasteiger partial charge in [-0.25, -0.2) is 4.98 Å². The van der Waals surface area contributed by atoms with E-state index in [9.17, 15) is 0 Å². The van der Waals surface area contributed by atoms with Gasteiger partial charge in [-0.2, -0.15) is 9.97 Å². The molecule has 4 heteroatoms. The fraction of sp³-hybridized carbons (Fsp3) is 0.0417. The SMILES string of the molecule is Cc1ccc(-c2nc(Cl)nc(-c3cc4ccccc4c4ccccc34)n2)cc1. The van der Waals surface area contributed by atoms with Crippen molar-refractivity contribution in [2.45, 2.75) is 6.92 Å². The molecule has 0 saturated carbocycles. The minimum absolute atomic E-state index is 0.192. The van der Waals surface area contributed by atoms with Crippen LogP contribution in [0.5, 0.6) is 0 Å². The summed E-state index contributed by atoms with van der Waals surface area (Å²) >= 11 is 6.29. The van der Waals surface area contributed by atoms with Gasteiger partial charge in [0.15, 0.2) is 11.6 Å². The van der Waals surface area contributed by atoms with Crippen LogP contribution in [0, 0.1) is 6.92 Å². The third-order valence-electron chi connectivity index (χ3n) is 4.93. The zero-order valence-electron chi connectivity index (χ0n) is 15.2. The molecule has 0 unspecified atom stereocenters. The Kier molecular flexibility index (Phi) is 4.03. The van der Waals surface area contributed by atoms with Crippen LogP contribution in [0.25, 0.3) is 44.3 Å². The summed E-state index contributed by atoms with van der Waals surface area (Å²) < 4.78 is 0. The number of nitrogens with zero attached hydrogens (tertiary/aromatic N) is 3. The quantitative estimate of drug-likeness (QED) is 0.329. The minimum Gasteiger partial charge on any atom is -0.208 e. The maximum Gasteiger partial charge on any atom is 0.226 e. The van der Waals surface area contributed by atoms with Crippen molar-refractivity contribution in [2.24, 2.45) is 0 Å². The van der Waals surface area contributed by atoms with Crippen LogP contribution in [0.4, 0.5) is 0 Å². The Balaban J connectivity index is 1.79. The average Bonchev–Trinajstić information content (AvgIpc) is 2.73. The number of aryl methyl sites for hydroxylation is 1. The molecule has 0 atom stereocenters. The Morgan fingerprint density at radius 1 is 0.643 bits per heavy atom. The summed E-state index contributed by atoms with van der Waals surface area (Å²) in [6, 6.07) is 26.9. The molecular formula is C24H16ClN3. The number of hydrogen-bond donors (Lipinski definition) is 0. The van der Waals surface area contributed by atoms with Crippen LogP contribution in [0.1, 0.15) is 5.56 Å². The summed E-state index contributed by atoms with van der Waals surface area (Å²) in [5.41, 5.74) is 3.05. The maximum atomic E-state index is 6.29. The van der Waals surface area contributed by atoms with Crippen LogP contribution in [-0.2, 0) is 0 Å². The van der Waals surface area contributed by atoms with Crippen LogP contribution in [0.3, 0.4) is 0 Å². The first-order chi connectivity index (χ1) is 13.7. The van der Waals surface area contributed by atoms with Crippen molar-refractivity contribution in [3.8, 4) is 22.8 Å². The summed E-state index contributed by atoms with van der Waals surface area (Å²) in [6.07, 6.45) is 0. The molecule has 28 heavy (non-hydrogen) atoms. The molecule has 0 aliphatic heterocycles. The number of rotatable bonds is 2. The van der Waals surface area contributed by atoms with Crippen LogP contribution in [-0.4, -0.2) is 15.0 Å². The molecule has 0 N–H and O–H groups in total. The third kappa shape index (κ3) is 2.90. The molecule has 0 radical (unpaired) electrons. The molecule has 0 aliphatic carbocycles. The highest BCUT2D eigenvalue weighted by Gasteiger charge is 2.14. The van der Waals surface area contributed by atoms with E-state index < -0.39 is 0 Å². The number of halogens is 1. The van der Waals surface area contributed by atoms with Crippen molar-refractivity contribution in [1.29, 1.82) is 0 Å². The molecule has 134 valence electrons. The van der Waals surface area contributed by atoms with Gasteiger partial charge in [0.2, 0.25) is 5.28 Å². The highest BCUT2D eigenvalue weighted by atomic mass is 35.5. The van der Waals surface area contributed by atoms with E-state index in [2.05, 4.69) is 59.4 Å². The molecule has 4 aromatic carbocycles. The van der Waals surface area contributed by atoms with Crippen LogP contribution >= 0.6 is 11.6 Å². The monoisotopic (exact) mass is 381 g/mol. The number of hydrogen-bond acceptors (Lipinski definition) is 3. The van der Waals surface area contributed by atoms with Crippen molar-refractivity contribution in [2.75, 3.05) is 0 Å². The van der Waals surface area contributed by atoms with Gasteiger partial charge in [0.25, 0.3) is 0 Å². The smallest absolute Gasteiger partial charge is 0.208 e. The number of fused-ring (bicyclic) bond motifs is 3. The lowest BCUT2D eigenvalue weighted by atomic mass is 9.97. The van der Waals surface area contributed by atoms with E-state index in [-0.39, 0.29) is 5.28 Å². The summed E-state index contributed by atoms with van der Waals surface area (Å²) in [6.45, 7) is 2.05. The fourth-order valence-corrected chi connectivity index (χ4v) is 3.70. The molecule has 5 aromatic rings. The van der Waals surface area contributed by atoms with Gasteiger partial charge in [0.1, 0.15) is 0 Å². The second kappa shape index (κ2) is 6.70. The van der Waals surface area contributed by atoms with E-state index in [4.69, 9.17) is 16.6 Å². The summed E-state index contributed by atoms with van der Waals surface area (Å²) in [5, 5.41) is 4.81. The highest BCUT2D eigenvalue weighted by Crippen LogP contribution is 2.34. The summed E-state index contributed by atoms with van der Waals surface area (Å²) in [7, 11) is 0. The van der Waals surface area contributed by atoms with Gasteiger partial charge in [-0.3, -0.25) is 0 Å². The predicted octanol–water partition coefficient (Wildman–Crippen LogP) is 6.47. The van der Waals surface area contributed by atoms with E-state index >= 15 is 0 Å². The molecule has 1 heterocycles. The molecule has 0 bridgehead atoms. The molecular weight excluding hydrogens is 366 g/mol. The van der Waals surface area contributed by atoms with E-state index in [0.29, 0.717) is 11.6 Å². The van der Waals surface area contributed by atoms with Gasteiger partial charge in [-0.15, -0.1) is 0 Å². The lowest BCUT2D eigenvalue weighted by molar-refractivity contribution is 1.07. The Bertz CT molecular complexity index is 1330. The highest BCUT2D eigenvalue weighted by molar-refractivity contribution is 6.28. The summed E-state index contributed by atoms with van der Waals surface area (Å²) in [5.74, 6) is 1.16. The largest absolute Gasteiger partial charge is 0.226 e. The topological polar surface area (TPSA) is 38.7 Å². The van der Waals surface area contributed by atoms with E-state index in [0.717, 1.165) is 21.9 Å². The second-order valence-electron chi connectivity index (χ2n) is 6.81. The predicted molar refractivity (Wildman–Crippen MR) is 115 cm³/mol. The fourth-order valence-electron chi connectivity index (χ4n) is 3.54. The van der Waals surface area contributed by atoms with Crippen molar-refractivity contribution in [1.82, 2.24) is 15.0 Å². The number of aromatic nitrogens is 3.